The van der Waals surface area contributed by atoms with Gasteiger partial charge < -0.3 is 10.1 Å². The van der Waals surface area contributed by atoms with E-state index in [0.29, 0.717) is 5.75 Å². The normalized spacial score (nSPS) is 11.7. The van der Waals surface area contributed by atoms with Gasteiger partial charge in [-0.1, -0.05) is 30.3 Å². The average molecular weight is 273 g/mol. The van der Waals surface area contributed by atoms with Crippen LogP contribution in [0.15, 0.2) is 54.6 Å². The molecule has 0 fully saturated rings. The second-order valence-electron chi connectivity index (χ2n) is 4.44. The quantitative estimate of drug-likeness (QED) is 0.909. The van der Waals surface area contributed by atoms with E-state index in [2.05, 4.69) is 5.32 Å². The topological polar surface area (TPSA) is 38.3 Å². The largest absolute Gasteiger partial charge is 0.484 e. The molecule has 2 aromatic rings. The monoisotopic (exact) mass is 273 g/mol. The lowest BCUT2D eigenvalue weighted by Gasteiger charge is -2.14. The molecule has 1 N–H and O–H groups in total. The molecular formula is C16H16FNO2. The van der Waals surface area contributed by atoms with Crippen molar-refractivity contribution in [2.75, 3.05) is 6.61 Å². The highest BCUT2D eigenvalue weighted by atomic mass is 19.1. The molecule has 2 aromatic carbocycles. The van der Waals surface area contributed by atoms with E-state index >= 15 is 0 Å². The first-order chi connectivity index (χ1) is 9.65. The number of hydrogen-bond donors (Lipinski definition) is 1. The van der Waals surface area contributed by atoms with Crippen LogP contribution in [0.2, 0.25) is 0 Å². The van der Waals surface area contributed by atoms with Crippen molar-refractivity contribution in [1.82, 2.24) is 5.32 Å². The maximum absolute atomic E-state index is 12.7. The molecule has 20 heavy (non-hydrogen) atoms. The predicted molar refractivity (Wildman–Crippen MR) is 74.9 cm³/mol. The predicted octanol–water partition coefficient (Wildman–Crippen LogP) is 3.08. The van der Waals surface area contributed by atoms with Crippen LogP contribution in [0.25, 0.3) is 0 Å². The third kappa shape index (κ3) is 4.09. The molecule has 0 aliphatic heterocycles. The van der Waals surface area contributed by atoms with Gasteiger partial charge in [0, 0.05) is 0 Å². The van der Waals surface area contributed by atoms with E-state index in [4.69, 9.17) is 4.74 Å². The summed E-state index contributed by atoms with van der Waals surface area (Å²) in [6.45, 7) is 1.81. The third-order valence-corrected chi connectivity index (χ3v) is 2.86. The lowest BCUT2D eigenvalue weighted by Crippen LogP contribution is -2.31. The second kappa shape index (κ2) is 6.70. The van der Waals surface area contributed by atoms with Crippen molar-refractivity contribution in [3.05, 3.63) is 66.0 Å². The molecule has 0 aromatic heterocycles. The molecule has 0 aliphatic rings. The molecule has 3 nitrogen and oxygen atoms in total. The Hall–Kier alpha value is -2.36. The maximum atomic E-state index is 12.7. The molecule has 0 spiro atoms. The van der Waals surface area contributed by atoms with E-state index in [1.165, 1.54) is 24.3 Å². The highest BCUT2D eigenvalue weighted by Gasteiger charge is 2.09. The number of amides is 1. The molecule has 0 heterocycles. The summed E-state index contributed by atoms with van der Waals surface area (Å²) in [5.41, 5.74) is 1.03. The van der Waals surface area contributed by atoms with Gasteiger partial charge in [-0.3, -0.25) is 4.79 Å². The van der Waals surface area contributed by atoms with Crippen molar-refractivity contribution in [2.24, 2.45) is 0 Å². The highest BCUT2D eigenvalue weighted by Crippen LogP contribution is 2.12. The maximum Gasteiger partial charge on any atom is 0.258 e. The van der Waals surface area contributed by atoms with Gasteiger partial charge in [-0.2, -0.15) is 0 Å². The van der Waals surface area contributed by atoms with Crippen molar-refractivity contribution < 1.29 is 13.9 Å². The van der Waals surface area contributed by atoms with Crippen LogP contribution >= 0.6 is 0 Å². The summed E-state index contributed by atoms with van der Waals surface area (Å²) in [5.74, 6) is -0.0842. The zero-order valence-electron chi connectivity index (χ0n) is 11.2. The third-order valence-electron chi connectivity index (χ3n) is 2.86. The number of rotatable bonds is 5. The second-order valence-corrected chi connectivity index (χ2v) is 4.44. The summed E-state index contributed by atoms with van der Waals surface area (Å²) in [6, 6.07) is 15.2. The molecule has 1 amide bonds. The molecule has 0 saturated carbocycles. The zero-order valence-corrected chi connectivity index (χ0v) is 11.2. The number of carbonyl (C=O) groups is 1. The van der Waals surface area contributed by atoms with Crippen molar-refractivity contribution >= 4 is 5.91 Å². The molecule has 104 valence electrons. The van der Waals surface area contributed by atoms with Crippen molar-refractivity contribution in [1.29, 1.82) is 0 Å². The number of hydrogen-bond acceptors (Lipinski definition) is 2. The fourth-order valence-electron chi connectivity index (χ4n) is 1.79. The van der Waals surface area contributed by atoms with E-state index in [-0.39, 0.29) is 24.4 Å². The van der Waals surface area contributed by atoms with Gasteiger partial charge in [0.2, 0.25) is 0 Å². The SMILES string of the molecule is C[C@@H](NC(=O)COc1ccc(F)cc1)c1ccccc1. The minimum Gasteiger partial charge on any atom is -0.484 e. The Morgan fingerprint density at radius 2 is 1.80 bits per heavy atom. The van der Waals surface area contributed by atoms with Crippen LogP contribution in [0, 0.1) is 5.82 Å². The van der Waals surface area contributed by atoms with E-state index in [1.807, 2.05) is 37.3 Å². The van der Waals surface area contributed by atoms with E-state index in [1.54, 1.807) is 0 Å². The Bertz CT molecular complexity index is 554. The smallest absolute Gasteiger partial charge is 0.258 e. The summed E-state index contributed by atoms with van der Waals surface area (Å²) >= 11 is 0. The van der Waals surface area contributed by atoms with Crippen LogP contribution < -0.4 is 10.1 Å². The molecule has 0 radical (unpaired) electrons. The Kier molecular flexibility index (Phi) is 4.71. The van der Waals surface area contributed by atoms with Gasteiger partial charge in [-0.05, 0) is 36.8 Å². The standard InChI is InChI=1S/C16H16FNO2/c1-12(13-5-3-2-4-6-13)18-16(19)11-20-15-9-7-14(17)8-10-15/h2-10,12H,11H2,1H3,(H,18,19)/t12-/m1/s1. The number of ether oxygens (including phenoxy) is 1. The molecular weight excluding hydrogens is 257 g/mol. The van der Waals surface area contributed by atoms with Gasteiger partial charge in [0.25, 0.3) is 5.91 Å². The summed E-state index contributed by atoms with van der Waals surface area (Å²) in [5, 5.41) is 2.84. The van der Waals surface area contributed by atoms with Crippen molar-refractivity contribution in [3.8, 4) is 5.75 Å². The van der Waals surface area contributed by atoms with Crippen LogP contribution in [0.1, 0.15) is 18.5 Å². The van der Waals surface area contributed by atoms with Gasteiger partial charge in [-0.15, -0.1) is 0 Å². The lowest BCUT2D eigenvalue weighted by atomic mass is 10.1. The van der Waals surface area contributed by atoms with Gasteiger partial charge >= 0.3 is 0 Å². The summed E-state index contributed by atoms with van der Waals surface area (Å²) < 4.78 is 18.0. The van der Waals surface area contributed by atoms with Crippen LogP contribution in [-0.4, -0.2) is 12.5 Å². The molecule has 0 saturated heterocycles. The molecule has 0 unspecified atom stereocenters. The van der Waals surface area contributed by atoms with Crippen LogP contribution in [0.3, 0.4) is 0 Å². The molecule has 4 heteroatoms. The van der Waals surface area contributed by atoms with Crippen LogP contribution in [-0.2, 0) is 4.79 Å². The van der Waals surface area contributed by atoms with E-state index in [9.17, 15) is 9.18 Å². The summed E-state index contributed by atoms with van der Waals surface area (Å²) in [7, 11) is 0. The summed E-state index contributed by atoms with van der Waals surface area (Å²) in [4.78, 5) is 11.8. The Morgan fingerprint density at radius 1 is 1.15 bits per heavy atom. The van der Waals surface area contributed by atoms with Gasteiger partial charge in [0.1, 0.15) is 11.6 Å². The Labute approximate surface area is 117 Å². The van der Waals surface area contributed by atoms with Gasteiger partial charge in [0.15, 0.2) is 6.61 Å². The lowest BCUT2D eigenvalue weighted by molar-refractivity contribution is -0.123. The Balaban J connectivity index is 1.82. The zero-order chi connectivity index (χ0) is 14.4. The van der Waals surface area contributed by atoms with Crippen molar-refractivity contribution in [3.63, 3.8) is 0 Å². The summed E-state index contributed by atoms with van der Waals surface area (Å²) in [6.07, 6.45) is 0. The minimum absolute atomic E-state index is 0.0829. The number of carbonyl (C=O) groups excluding carboxylic acids is 1. The number of nitrogens with one attached hydrogen (secondary N) is 1. The molecule has 1 atom stereocenters. The van der Waals surface area contributed by atoms with Crippen LogP contribution in [0.4, 0.5) is 4.39 Å². The van der Waals surface area contributed by atoms with E-state index < -0.39 is 0 Å². The minimum atomic E-state index is -0.334. The average Bonchev–Trinajstić information content (AvgIpc) is 2.47. The van der Waals surface area contributed by atoms with Gasteiger partial charge in [-0.25, -0.2) is 4.39 Å². The molecule has 0 aliphatic carbocycles. The molecule has 0 bridgehead atoms. The van der Waals surface area contributed by atoms with Gasteiger partial charge in [0.05, 0.1) is 6.04 Å². The van der Waals surface area contributed by atoms with Crippen LogP contribution in [0.5, 0.6) is 5.75 Å². The first-order valence-electron chi connectivity index (χ1n) is 6.38. The fraction of sp³-hybridized carbons (Fsp3) is 0.188. The number of halogens is 1. The first-order valence-corrected chi connectivity index (χ1v) is 6.38. The molecule has 2 rings (SSSR count). The van der Waals surface area contributed by atoms with E-state index in [0.717, 1.165) is 5.56 Å². The Morgan fingerprint density at radius 3 is 2.45 bits per heavy atom. The highest BCUT2D eigenvalue weighted by molar-refractivity contribution is 5.78. The van der Waals surface area contributed by atoms with Crippen molar-refractivity contribution in [2.45, 2.75) is 13.0 Å². The number of benzene rings is 2. The first kappa shape index (κ1) is 14.1. The fourth-order valence-corrected chi connectivity index (χ4v) is 1.79.